The molecule has 40 heavy (non-hydrogen) atoms. The molecule has 0 saturated carbocycles. The second-order valence-corrected chi connectivity index (χ2v) is 11.1. The molecule has 1 N–H and O–H groups in total. The molecule has 0 heterocycles. The average molecular weight is 588 g/mol. The minimum absolute atomic E-state index is 0.0490. The third-order valence-electron chi connectivity index (χ3n) is 6.12. The molecule has 11 heteroatoms. The van der Waals surface area contributed by atoms with E-state index in [1.54, 1.807) is 69.3 Å². The Morgan fingerprint density at radius 2 is 1.70 bits per heavy atom. The first-order valence-electron chi connectivity index (χ1n) is 12.8. The van der Waals surface area contributed by atoms with Gasteiger partial charge in [0.15, 0.2) is 0 Å². The van der Waals surface area contributed by atoms with E-state index in [0.717, 1.165) is 4.31 Å². The molecule has 2 amide bonds. The molecule has 0 radical (unpaired) electrons. The summed E-state index contributed by atoms with van der Waals surface area (Å²) >= 11 is 6.00. The van der Waals surface area contributed by atoms with Crippen LogP contribution in [0, 0.1) is 0 Å². The maximum atomic E-state index is 14.0. The number of hydrogen-bond donors (Lipinski definition) is 1. The molecule has 0 saturated heterocycles. The van der Waals surface area contributed by atoms with Crippen molar-refractivity contribution >= 4 is 39.1 Å². The van der Waals surface area contributed by atoms with Crippen LogP contribution in [0.1, 0.15) is 26.3 Å². The van der Waals surface area contributed by atoms with Crippen LogP contribution in [0.15, 0.2) is 77.7 Å². The molecule has 1 unspecified atom stereocenters. The molecule has 3 aromatic carbocycles. The fourth-order valence-electron chi connectivity index (χ4n) is 4.06. The number of hydrogen-bond acceptors (Lipinski definition) is 6. The van der Waals surface area contributed by atoms with Crippen molar-refractivity contribution in [1.82, 2.24) is 10.2 Å². The van der Waals surface area contributed by atoms with Crippen LogP contribution >= 0.6 is 11.6 Å². The van der Waals surface area contributed by atoms with Gasteiger partial charge in [-0.3, -0.25) is 13.9 Å². The summed E-state index contributed by atoms with van der Waals surface area (Å²) in [5, 5.41) is 3.11. The van der Waals surface area contributed by atoms with Crippen LogP contribution in [0.4, 0.5) is 5.69 Å². The second-order valence-electron chi connectivity index (χ2n) is 8.81. The molecule has 9 nitrogen and oxygen atoms in total. The van der Waals surface area contributed by atoms with Gasteiger partial charge < -0.3 is 19.7 Å². The van der Waals surface area contributed by atoms with Crippen molar-refractivity contribution in [3.05, 3.63) is 83.4 Å². The number of sulfonamides is 1. The molecular formula is C29H34ClN3O6S. The predicted octanol–water partition coefficient (Wildman–Crippen LogP) is 4.50. The molecule has 3 rings (SSSR count). The zero-order valence-electron chi connectivity index (χ0n) is 23.0. The summed E-state index contributed by atoms with van der Waals surface area (Å²) in [4.78, 5) is 28.1. The molecule has 1 atom stereocenters. The lowest BCUT2D eigenvalue weighted by Gasteiger charge is -2.32. The fourth-order valence-corrected chi connectivity index (χ4v) is 5.61. The van der Waals surface area contributed by atoms with Crippen LogP contribution in [-0.4, -0.2) is 58.0 Å². The lowest BCUT2D eigenvalue weighted by atomic mass is 10.1. The van der Waals surface area contributed by atoms with Crippen molar-refractivity contribution in [3.63, 3.8) is 0 Å². The molecule has 0 bridgehead atoms. The molecule has 0 aromatic heterocycles. The highest BCUT2D eigenvalue weighted by atomic mass is 35.5. The number of carbonyl (C=O) groups is 2. The van der Waals surface area contributed by atoms with Crippen molar-refractivity contribution in [2.24, 2.45) is 0 Å². The molecule has 214 valence electrons. The van der Waals surface area contributed by atoms with Crippen molar-refractivity contribution < 1.29 is 27.5 Å². The van der Waals surface area contributed by atoms with Gasteiger partial charge in [-0.1, -0.05) is 35.9 Å². The normalized spacial score (nSPS) is 11.8. The van der Waals surface area contributed by atoms with Gasteiger partial charge >= 0.3 is 0 Å². The number of carbonyl (C=O) groups excluding carboxylic acids is 2. The Balaban J connectivity index is 2.08. The van der Waals surface area contributed by atoms with Crippen LogP contribution < -0.4 is 19.1 Å². The largest absolute Gasteiger partial charge is 0.497 e. The van der Waals surface area contributed by atoms with E-state index in [9.17, 15) is 18.0 Å². The van der Waals surface area contributed by atoms with E-state index < -0.39 is 28.5 Å². The minimum Gasteiger partial charge on any atom is -0.497 e. The third kappa shape index (κ3) is 7.45. The van der Waals surface area contributed by atoms with Gasteiger partial charge in [0.25, 0.3) is 10.0 Å². The van der Waals surface area contributed by atoms with Crippen LogP contribution in [0.2, 0.25) is 5.02 Å². The smallest absolute Gasteiger partial charge is 0.264 e. The number of nitrogens with zero attached hydrogens (tertiary/aromatic N) is 2. The van der Waals surface area contributed by atoms with Crippen molar-refractivity contribution in [2.45, 2.75) is 38.3 Å². The van der Waals surface area contributed by atoms with Gasteiger partial charge in [-0.05, 0) is 74.9 Å². The summed E-state index contributed by atoms with van der Waals surface area (Å²) in [5.74, 6) is -0.0504. The molecule has 0 aliphatic heterocycles. The van der Waals surface area contributed by atoms with E-state index in [2.05, 4.69) is 5.32 Å². The number of methoxy groups -OCH3 is 1. The van der Waals surface area contributed by atoms with Crippen molar-refractivity contribution in [3.8, 4) is 11.5 Å². The van der Waals surface area contributed by atoms with Gasteiger partial charge in [0, 0.05) is 18.1 Å². The zero-order valence-corrected chi connectivity index (χ0v) is 24.5. The lowest BCUT2D eigenvalue weighted by molar-refractivity contribution is -0.139. The minimum atomic E-state index is -4.25. The first-order valence-corrected chi connectivity index (χ1v) is 14.6. The number of amides is 2. The summed E-state index contributed by atoms with van der Waals surface area (Å²) < 4.78 is 40.0. The molecule has 0 fully saturated rings. The van der Waals surface area contributed by atoms with Gasteiger partial charge in [-0.15, -0.1) is 0 Å². The van der Waals surface area contributed by atoms with Crippen LogP contribution in [0.25, 0.3) is 0 Å². The summed E-state index contributed by atoms with van der Waals surface area (Å²) in [6.45, 7) is 5.31. The number of ether oxygens (including phenoxy) is 2. The topological polar surface area (TPSA) is 105 Å². The van der Waals surface area contributed by atoms with Crippen LogP contribution in [0.5, 0.6) is 11.5 Å². The maximum absolute atomic E-state index is 14.0. The Kier molecular flexibility index (Phi) is 10.8. The molecular weight excluding hydrogens is 554 g/mol. The van der Waals surface area contributed by atoms with Crippen molar-refractivity contribution in [2.75, 3.05) is 31.1 Å². The quantitative estimate of drug-likeness (QED) is 0.316. The van der Waals surface area contributed by atoms with Gasteiger partial charge in [0.2, 0.25) is 11.8 Å². The standard InChI is InChI=1S/C29H34ClN3O6S/c1-5-31-29(35)21(3)32(19-22-10-9-11-24(18-22)38-4)28(34)20-33(26-12-7-8-13-27(26)39-6-2)40(36,37)25-16-14-23(30)15-17-25/h7-18,21H,5-6,19-20H2,1-4H3,(H,31,35). The highest BCUT2D eigenvalue weighted by molar-refractivity contribution is 7.92. The maximum Gasteiger partial charge on any atom is 0.264 e. The molecule has 0 spiro atoms. The Morgan fingerprint density at radius 3 is 2.35 bits per heavy atom. The Morgan fingerprint density at radius 1 is 1.00 bits per heavy atom. The van der Waals surface area contributed by atoms with Gasteiger partial charge in [-0.2, -0.15) is 0 Å². The summed E-state index contributed by atoms with van der Waals surface area (Å²) in [5.41, 5.74) is 0.908. The fraction of sp³-hybridized carbons (Fsp3) is 0.310. The third-order valence-corrected chi connectivity index (χ3v) is 8.15. The first kappa shape index (κ1) is 30.8. The average Bonchev–Trinajstić information content (AvgIpc) is 2.95. The Bertz CT molecular complexity index is 1420. The number of likely N-dealkylation sites (N-methyl/N-ethyl adjacent to an activating group) is 1. The number of anilines is 1. The monoisotopic (exact) mass is 587 g/mol. The first-order chi connectivity index (χ1) is 19.1. The van der Waals surface area contributed by atoms with E-state index >= 15 is 0 Å². The lowest BCUT2D eigenvalue weighted by Crippen LogP contribution is -2.51. The van der Waals surface area contributed by atoms with Gasteiger partial charge in [0.1, 0.15) is 24.1 Å². The number of rotatable bonds is 13. The van der Waals surface area contributed by atoms with Gasteiger partial charge in [-0.25, -0.2) is 8.42 Å². The van der Waals surface area contributed by atoms with E-state index in [1.165, 1.54) is 36.3 Å². The Hall–Kier alpha value is -3.76. The van der Waals surface area contributed by atoms with Crippen LogP contribution in [0.3, 0.4) is 0 Å². The SMILES string of the molecule is CCNC(=O)C(C)N(Cc1cccc(OC)c1)C(=O)CN(c1ccccc1OCC)S(=O)(=O)c1ccc(Cl)cc1. The summed E-state index contributed by atoms with van der Waals surface area (Å²) in [7, 11) is -2.72. The van der Waals surface area contributed by atoms with E-state index in [1.807, 2.05) is 0 Å². The van der Waals surface area contributed by atoms with E-state index in [0.29, 0.717) is 28.6 Å². The Labute approximate surface area is 240 Å². The number of halogens is 1. The number of nitrogens with one attached hydrogen (secondary N) is 1. The number of benzene rings is 3. The van der Waals surface area contributed by atoms with Crippen molar-refractivity contribution in [1.29, 1.82) is 0 Å². The van der Waals surface area contributed by atoms with Crippen LogP contribution in [-0.2, 0) is 26.2 Å². The van der Waals surface area contributed by atoms with E-state index in [4.69, 9.17) is 21.1 Å². The molecule has 3 aromatic rings. The predicted molar refractivity (Wildman–Crippen MR) is 155 cm³/mol. The molecule has 0 aliphatic rings. The van der Waals surface area contributed by atoms with E-state index in [-0.39, 0.29) is 29.6 Å². The summed E-state index contributed by atoms with van der Waals surface area (Å²) in [6, 6.07) is 18.5. The number of para-hydroxylation sites is 2. The summed E-state index contributed by atoms with van der Waals surface area (Å²) in [6.07, 6.45) is 0. The highest BCUT2D eigenvalue weighted by Gasteiger charge is 2.33. The zero-order chi connectivity index (χ0) is 29.3. The second kappa shape index (κ2) is 14.0. The molecule has 0 aliphatic carbocycles. The highest BCUT2D eigenvalue weighted by Crippen LogP contribution is 2.33. The van der Waals surface area contributed by atoms with Gasteiger partial charge in [0.05, 0.1) is 24.3 Å².